The highest BCUT2D eigenvalue weighted by Gasteiger charge is 2.17. The number of benzene rings is 1. The van der Waals surface area contributed by atoms with Gasteiger partial charge >= 0.3 is 0 Å². The average Bonchev–Trinajstić information content (AvgIpc) is 2.43. The summed E-state index contributed by atoms with van der Waals surface area (Å²) < 4.78 is 5.91. The summed E-state index contributed by atoms with van der Waals surface area (Å²) in [5.74, 6) is 0.919. The highest BCUT2D eigenvalue weighted by Crippen LogP contribution is 2.30. The number of nitrogens with one attached hydrogen (secondary N) is 1. The molecule has 0 bridgehead atoms. The van der Waals surface area contributed by atoms with E-state index < -0.39 is 0 Å². The van der Waals surface area contributed by atoms with Gasteiger partial charge in [-0.25, -0.2) is 0 Å². The van der Waals surface area contributed by atoms with Crippen LogP contribution in [0.2, 0.25) is 0 Å². The van der Waals surface area contributed by atoms with E-state index >= 15 is 0 Å². The van der Waals surface area contributed by atoms with Crippen molar-refractivity contribution < 1.29 is 4.74 Å². The van der Waals surface area contributed by atoms with Crippen molar-refractivity contribution >= 4 is 0 Å². The third kappa shape index (κ3) is 3.36. The van der Waals surface area contributed by atoms with Crippen LogP contribution < -0.4 is 10.1 Å². The van der Waals surface area contributed by atoms with Crippen molar-refractivity contribution in [2.45, 2.75) is 32.9 Å². The summed E-state index contributed by atoms with van der Waals surface area (Å²) in [7, 11) is 1.96. The second-order valence-corrected chi connectivity index (χ2v) is 5.16. The van der Waals surface area contributed by atoms with Gasteiger partial charge in [0.05, 0.1) is 12.1 Å². The molecule has 0 saturated carbocycles. The SMILES string of the molecule is CNC(c1ccc(C)nc1)c1ccccc1OC(C)C. The molecule has 1 aromatic heterocycles. The van der Waals surface area contributed by atoms with E-state index in [2.05, 4.69) is 22.4 Å². The van der Waals surface area contributed by atoms with E-state index in [-0.39, 0.29) is 12.1 Å². The fourth-order valence-corrected chi connectivity index (χ4v) is 2.23. The number of rotatable bonds is 5. The van der Waals surface area contributed by atoms with E-state index in [9.17, 15) is 0 Å². The van der Waals surface area contributed by atoms with Crippen LogP contribution in [0, 0.1) is 6.92 Å². The van der Waals surface area contributed by atoms with Crippen molar-refractivity contribution in [1.29, 1.82) is 0 Å². The van der Waals surface area contributed by atoms with E-state index in [0.29, 0.717) is 0 Å². The van der Waals surface area contributed by atoms with Gasteiger partial charge in [-0.15, -0.1) is 0 Å². The number of pyridine rings is 1. The number of ether oxygens (including phenoxy) is 1. The quantitative estimate of drug-likeness (QED) is 0.903. The Morgan fingerprint density at radius 3 is 2.45 bits per heavy atom. The molecule has 3 nitrogen and oxygen atoms in total. The highest BCUT2D eigenvalue weighted by molar-refractivity contribution is 5.41. The first-order chi connectivity index (χ1) is 9.61. The Kier molecular flexibility index (Phi) is 4.74. The lowest BCUT2D eigenvalue weighted by Gasteiger charge is -2.21. The van der Waals surface area contributed by atoms with Crippen molar-refractivity contribution in [1.82, 2.24) is 10.3 Å². The molecule has 0 amide bonds. The summed E-state index contributed by atoms with van der Waals surface area (Å²) in [5.41, 5.74) is 3.29. The maximum absolute atomic E-state index is 5.91. The molecule has 0 aliphatic rings. The van der Waals surface area contributed by atoms with Crippen LogP contribution in [0.4, 0.5) is 0 Å². The summed E-state index contributed by atoms with van der Waals surface area (Å²) >= 11 is 0. The van der Waals surface area contributed by atoms with Crippen molar-refractivity contribution in [3.8, 4) is 5.75 Å². The van der Waals surface area contributed by atoms with Gasteiger partial charge < -0.3 is 10.1 Å². The van der Waals surface area contributed by atoms with Crippen LogP contribution in [0.3, 0.4) is 0 Å². The maximum Gasteiger partial charge on any atom is 0.124 e. The molecule has 0 spiro atoms. The van der Waals surface area contributed by atoms with Gasteiger partial charge in [0.25, 0.3) is 0 Å². The van der Waals surface area contributed by atoms with E-state index in [1.807, 2.05) is 58.3 Å². The number of para-hydroxylation sites is 1. The molecule has 0 aliphatic carbocycles. The largest absolute Gasteiger partial charge is 0.491 e. The topological polar surface area (TPSA) is 34.2 Å². The summed E-state index contributed by atoms with van der Waals surface area (Å²) in [4.78, 5) is 4.38. The standard InChI is InChI=1S/C17H22N2O/c1-12(2)20-16-8-6-5-7-15(16)17(18-4)14-10-9-13(3)19-11-14/h5-12,17-18H,1-4H3. The first-order valence-electron chi connectivity index (χ1n) is 6.97. The molecular weight excluding hydrogens is 248 g/mol. The number of hydrogen-bond donors (Lipinski definition) is 1. The Morgan fingerprint density at radius 1 is 1.10 bits per heavy atom. The number of nitrogens with zero attached hydrogens (tertiary/aromatic N) is 1. The predicted octanol–water partition coefficient (Wildman–Crippen LogP) is 3.49. The lowest BCUT2D eigenvalue weighted by molar-refractivity contribution is 0.238. The lowest BCUT2D eigenvalue weighted by atomic mass is 9.99. The van der Waals surface area contributed by atoms with E-state index in [0.717, 1.165) is 22.6 Å². The van der Waals surface area contributed by atoms with Crippen molar-refractivity contribution in [3.63, 3.8) is 0 Å². The van der Waals surface area contributed by atoms with E-state index in [1.165, 1.54) is 0 Å². The molecule has 1 aromatic carbocycles. The van der Waals surface area contributed by atoms with Gasteiger partial charge in [-0.3, -0.25) is 4.98 Å². The zero-order valence-corrected chi connectivity index (χ0v) is 12.6. The van der Waals surface area contributed by atoms with E-state index in [1.54, 1.807) is 0 Å². The fraction of sp³-hybridized carbons (Fsp3) is 0.353. The van der Waals surface area contributed by atoms with Gasteiger partial charge in [0.2, 0.25) is 0 Å². The van der Waals surface area contributed by atoms with Gasteiger partial charge in [-0.1, -0.05) is 24.3 Å². The normalized spacial score (nSPS) is 12.4. The first-order valence-corrected chi connectivity index (χ1v) is 6.97. The van der Waals surface area contributed by atoms with E-state index in [4.69, 9.17) is 4.74 Å². The Hall–Kier alpha value is -1.87. The van der Waals surface area contributed by atoms with Crippen LogP contribution in [0.25, 0.3) is 0 Å². The lowest BCUT2D eigenvalue weighted by Crippen LogP contribution is -2.19. The molecule has 2 aromatic rings. The number of aryl methyl sites for hydroxylation is 1. The van der Waals surface area contributed by atoms with Gasteiger partial charge in [0.1, 0.15) is 5.75 Å². The molecule has 0 aliphatic heterocycles. The minimum absolute atomic E-state index is 0.0815. The van der Waals surface area contributed by atoms with Crippen LogP contribution in [-0.2, 0) is 0 Å². The van der Waals surface area contributed by atoms with Crippen molar-refractivity contribution in [3.05, 3.63) is 59.4 Å². The average molecular weight is 270 g/mol. The molecule has 106 valence electrons. The van der Waals surface area contributed by atoms with Crippen LogP contribution in [0.5, 0.6) is 5.75 Å². The molecule has 0 radical (unpaired) electrons. The molecule has 0 saturated heterocycles. The van der Waals surface area contributed by atoms with Crippen LogP contribution in [-0.4, -0.2) is 18.1 Å². The minimum atomic E-state index is 0.0815. The third-order valence-electron chi connectivity index (χ3n) is 3.15. The van der Waals surface area contributed by atoms with Gasteiger partial charge in [0, 0.05) is 17.5 Å². The first kappa shape index (κ1) is 14.5. The zero-order chi connectivity index (χ0) is 14.5. The summed E-state index contributed by atoms with van der Waals surface area (Å²) in [5, 5.41) is 3.35. The molecule has 1 heterocycles. The van der Waals surface area contributed by atoms with Crippen molar-refractivity contribution in [2.75, 3.05) is 7.05 Å². The predicted molar refractivity (Wildman–Crippen MR) is 82.1 cm³/mol. The second kappa shape index (κ2) is 6.53. The highest BCUT2D eigenvalue weighted by atomic mass is 16.5. The number of hydrogen-bond acceptors (Lipinski definition) is 3. The monoisotopic (exact) mass is 270 g/mol. The molecule has 1 atom stereocenters. The molecule has 20 heavy (non-hydrogen) atoms. The Bertz CT molecular complexity index is 549. The van der Waals surface area contributed by atoms with Crippen LogP contribution >= 0.6 is 0 Å². The molecule has 0 fully saturated rings. The summed E-state index contributed by atoms with van der Waals surface area (Å²) in [6.07, 6.45) is 2.08. The second-order valence-electron chi connectivity index (χ2n) is 5.16. The molecule has 3 heteroatoms. The molecule has 2 rings (SSSR count). The summed E-state index contributed by atoms with van der Waals surface area (Å²) in [6.45, 7) is 6.07. The van der Waals surface area contributed by atoms with Crippen LogP contribution in [0.1, 0.15) is 36.7 Å². The zero-order valence-electron chi connectivity index (χ0n) is 12.6. The van der Waals surface area contributed by atoms with Gasteiger partial charge in [0.15, 0.2) is 0 Å². The molecule has 1 N–H and O–H groups in total. The third-order valence-corrected chi connectivity index (χ3v) is 3.15. The smallest absolute Gasteiger partial charge is 0.124 e. The fourth-order valence-electron chi connectivity index (χ4n) is 2.23. The molecule has 1 unspecified atom stereocenters. The Morgan fingerprint density at radius 2 is 1.85 bits per heavy atom. The van der Waals surface area contributed by atoms with Crippen molar-refractivity contribution in [2.24, 2.45) is 0 Å². The Labute approximate surface area is 121 Å². The van der Waals surface area contributed by atoms with Gasteiger partial charge in [-0.05, 0) is 45.5 Å². The maximum atomic E-state index is 5.91. The Balaban J connectivity index is 2.38. The summed E-state index contributed by atoms with van der Waals surface area (Å²) in [6, 6.07) is 12.4. The van der Waals surface area contributed by atoms with Crippen LogP contribution in [0.15, 0.2) is 42.6 Å². The minimum Gasteiger partial charge on any atom is -0.491 e. The van der Waals surface area contributed by atoms with Gasteiger partial charge in [-0.2, -0.15) is 0 Å². The molecular formula is C17H22N2O. The number of aromatic nitrogens is 1.